The number of thiophene rings is 1. The van der Waals surface area contributed by atoms with Gasteiger partial charge in [-0.15, -0.1) is 11.3 Å². The van der Waals surface area contributed by atoms with E-state index in [1.54, 1.807) is 12.1 Å². The summed E-state index contributed by atoms with van der Waals surface area (Å²) in [6.45, 7) is 0. The normalized spacial score (nSPS) is 13.9. The minimum atomic E-state index is -0.249. The molecule has 116 valence electrons. The maximum atomic E-state index is 12.3. The Morgan fingerprint density at radius 1 is 1.13 bits per heavy atom. The largest absolute Gasteiger partial charge is 0.324 e. The van der Waals surface area contributed by atoms with Crippen LogP contribution in [0.1, 0.15) is 22.5 Å². The predicted octanol–water partition coefficient (Wildman–Crippen LogP) is 3.23. The van der Waals surface area contributed by atoms with Crippen LogP contribution >= 0.6 is 11.3 Å². The Hall–Kier alpha value is -2.67. The van der Waals surface area contributed by atoms with Gasteiger partial charge < -0.3 is 10.3 Å². The maximum Gasteiger partial charge on any atom is 0.268 e. The lowest BCUT2D eigenvalue weighted by atomic mass is 10.3. The topological polar surface area (TPSA) is 86.9 Å². The van der Waals surface area contributed by atoms with E-state index in [0.717, 1.165) is 23.9 Å². The highest BCUT2D eigenvalue weighted by molar-refractivity contribution is 7.18. The van der Waals surface area contributed by atoms with Crippen molar-refractivity contribution in [2.24, 2.45) is 5.92 Å². The summed E-state index contributed by atoms with van der Waals surface area (Å²) in [5.74, 6) is 0.343. The zero-order valence-corrected chi connectivity index (χ0v) is 12.9. The number of imidazole rings is 1. The van der Waals surface area contributed by atoms with Crippen molar-refractivity contribution in [3.05, 3.63) is 41.3 Å². The van der Waals surface area contributed by atoms with Crippen LogP contribution in [0.15, 0.2) is 36.4 Å². The Balaban J connectivity index is 1.46. The average molecular weight is 326 g/mol. The van der Waals surface area contributed by atoms with Crippen LogP contribution in [0.2, 0.25) is 0 Å². The van der Waals surface area contributed by atoms with E-state index >= 15 is 0 Å². The fourth-order valence-corrected chi connectivity index (χ4v) is 3.08. The van der Waals surface area contributed by atoms with E-state index in [0.29, 0.717) is 15.8 Å². The van der Waals surface area contributed by atoms with Crippen LogP contribution in [0.5, 0.6) is 0 Å². The SMILES string of the molecule is O=C(Nc1nc2ccccc2[nH]1)c1ccc(NC(=O)C2CC2)s1. The molecule has 1 fully saturated rings. The summed E-state index contributed by atoms with van der Waals surface area (Å²) in [5, 5.41) is 6.27. The lowest BCUT2D eigenvalue weighted by Gasteiger charge is -2.00. The van der Waals surface area contributed by atoms with E-state index in [9.17, 15) is 9.59 Å². The first-order valence-corrected chi connectivity index (χ1v) is 8.17. The molecule has 4 rings (SSSR count). The fraction of sp³-hybridized carbons (Fsp3) is 0.188. The van der Waals surface area contributed by atoms with Crippen LogP contribution < -0.4 is 10.6 Å². The Morgan fingerprint density at radius 2 is 1.96 bits per heavy atom. The second-order valence-corrected chi connectivity index (χ2v) is 6.57. The molecule has 2 amide bonds. The maximum absolute atomic E-state index is 12.3. The van der Waals surface area contributed by atoms with Gasteiger partial charge in [0.2, 0.25) is 11.9 Å². The van der Waals surface area contributed by atoms with E-state index in [4.69, 9.17) is 0 Å². The smallest absolute Gasteiger partial charge is 0.268 e. The van der Waals surface area contributed by atoms with Crippen LogP contribution in [-0.2, 0) is 4.79 Å². The number of rotatable bonds is 4. The summed E-state index contributed by atoms with van der Waals surface area (Å²) >= 11 is 1.25. The molecule has 3 aromatic rings. The van der Waals surface area contributed by atoms with E-state index in [-0.39, 0.29) is 17.7 Å². The first-order valence-electron chi connectivity index (χ1n) is 7.36. The minimum absolute atomic E-state index is 0.0380. The van der Waals surface area contributed by atoms with Crippen molar-refractivity contribution in [2.45, 2.75) is 12.8 Å². The van der Waals surface area contributed by atoms with Gasteiger partial charge in [-0.2, -0.15) is 0 Å². The number of carbonyl (C=O) groups is 2. The average Bonchev–Trinajstić information content (AvgIpc) is 3.16. The molecule has 2 heterocycles. The molecule has 0 spiro atoms. The number of aromatic nitrogens is 2. The summed E-state index contributed by atoms with van der Waals surface area (Å²) in [4.78, 5) is 31.9. The molecule has 1 aliphatic rings. The summed E-state index contributed by atoms with van der Waals surface area (Å²) in [6, 6.07) is 11.0. The molecule has 0 unspecified atom stereocenters. The van der Waals surface area contributed by atoms with Gasteiger partial charge in [0.1, 0.15) is 0 Å². The molecule has 7 heteroatoms. The van der Waals surface area contributed by atoms with Gasteiger partial charge in [-0.25, -0.2) is 4.98 Å². The number of fused-ring (bicyclic) bond motifs is 1. The predicted molar refractivity (Wildman–Crippen MR) is 89.7 cm³/mol. The number of amides is 2. The van der Waals surface area contributed by atoms with Crippen molar-refractivity contribution in [1.29, 1.82) is 0 Å². The van der Waals surface area contributed by atoms with Crippen molar-refractivity contribution in [1.82, 2.24) is 9.97 Å². The molecule has 0 radical (unpaired) electrons. The number of nitrogens with one attached hydrogen (secondary N) is 3. The first kappa shape index (κ1) is 14.0. The molecule has 6 nitrogen and oxygen atoms in total. The monoisotopic (exact) mass is 326 g/mol. The van der Waals surface area contributed by atoms with Gasteiger partial charge in [-0.05, 0) is 37.1 Å². The molecular weight excluding hydrogens is 312 g/mol. The quantitative estimate of drug-likeness (QED) is 0.688. The van der Waals surface area contributed by atoms with E-state index < -0.39 is 0 Å². The highest BCUT2D eigenvalue weighted by Crippen LogP contribution is 2.31. The van der Waals surface area contributed by atoms with Gasteiger partial charge in [-0.1, -0.05) is 12.1 Å². The zero-order chi connectivity index (χ0) is 15.8. The van der Waals surface area contributed by atoms with Crippen molar-refractivity contribution < 1.29 is 9.59 Å². The number of nitrogens with zero attached hydrogens (tertiary/aromatic N) is 1. The first-order chi connectivity index (χ1) is 11.2. The highest BCUT2D eigenvalue weighted by atomic mass is 32.1. The van der Waals surface area contributed by atoms with Crippen molar-refractivity contribution in [2.75, 3.05) is 10.6 Å². The number of carbonyl (C=O) groups excluding carboxylic acids is 2. The van der Waals surface area contributed by atoms with Crippen LogP contribution in [0.25, 0.3) is 11.0 Å². The van der Waals surface area contributed by atoms with Crippen LogP contribution in [0, 0.1) is 5.92 Å². The number of hydrogen-bond acceptors (Lipinski definition) is 4. The molecule has 3 N–H and O–H groups in total. The van der Waals surface area contributed by atoms with E-state index in [1.807, 2.05) is 24.3 Å². The third kappa shape index (κ3) is 2.95. The second kappa shape index (κ2) is 5.51. The van der Waals surface area contributed by atoms with Crippen molar-refractivity contribution in [3.8, 4) is 0 Å². The van der Waals surface area contributed by atoms with Gasteiger partial charge in [0.25, 0.3) is 5.91 Å². The number of hydrogen-bond donors (Lipinski definition) is 3. The van der Waals surface area contributed by atoms with E-state index in [1.165, 1.54) is 11.3 Å². The molecule has 23 heavy (non-hydrogen) atoms. The van der Waals surface area contributed by atoms with Gasteiger partial charge >= 0.3 is 0 Å². The number of anilines is 2. The summed E-state index contributed by atoms with van der Waals surface area (Å²) in [6.07, 6.45) is 1.91. The molecule has 0 atom stereocenters. The molecule has 0 aliphatic heterocycles. The number of H-pyrrole nitrogens is 1. The van der Waals surface area contributed by atoms with Crippen LogP contribution in [0.4, 0.5) is 10.9 Å². The van der Waals surface area contributed by atoms with Crippen LogP contribution in [-0.4, -0.2) is 21.8 Å². The summed E-state index contributed by atoms with van der Waals surface area (Å²) in [5.41, 5.74) is 1.66. The number of aromatic amines is 1. The lowest BCUT2D eigenvalue weighted by Crippen LogP contribution is -2.12. The molecule has 2 aromatic heterocycles. The third-order valence-corrected chi connectivity index (χ3v) is 4.65. The van der Waals surface area contributed by atoms with Crippen molar-refractivity contribution in [3.63, 3.8) is 0 Å². The summed E-state index contributed by atoms with van der Waals surface area (Å²) in [7, 11) is 0. The minimum Gasteiger partial charge on any atom is -0.324 e. The third-order valence-electron chi connectivity index (χ3n) is 3.65. The zero-order valence-electron chi connectivity index (χ0n) is 12.1. The number of benzene rings is 1. The van der Waals surface area contributed by atoms with Gasteiger partial charge in [0.05, 0.1) is 20.9 Å². The Kier molecular flexibility index (Phi) is 3.34. The molecule has 0 bridgehead atoms. The lowest BCUT2D eigenvalue weighted by molar-refractivity contribution is -0.117. The number of para-hydroxylation sites is 2. The highest BCUT2D eigenvalue weighted by Gasteiger charge is 2.29. The molecule has 0 saturated heterocycles. The Labute approximate surface area is 135 Å². The van der Waals surface area contributed by atoms with E-state index in [2.05, 4.69) is 20.6 Å². The molecule has 1 saturated carbocycles. The Morgan fingerprint density at radius 3 is 2.74 bits per heavy atom. The summed E-state index contributed by atoms with van der Waals surface area (Å²) < 4.78 is 0. The molecule has 1 aromatic carbocycles. The standard InChI is InChI=1S/C16H14N4O2S/c21-14(9-5-6-9)19-13-8-7-12(23-13)15(22)20-16-17-10-3-1-2-4-11(10)18-16/h1-4,7-9H,5-6H2,(H,19,21)(H2,17,18,20,22). The second-order valence-electron chi connectivity index (χ2n) is 5.48. The van der Waals surface area contributed by atoms with Crippen molar-refractivity contribution >= 4 is 45.1 Å². The Bertz CT molecular complexity index is 861. The van der Waals surface area contributed by atoms with Gasteiger partial charge in [0, 0.05) is 5.92 Å². The molecular formula is C16H14N4O2S. The molecule has 1 aliphatic carbocycles. The van der Waals surface area contributed by atoms with Crippen LogP contribution in [0.3, 0.4) is 0 Å². The van der Waals surface area contributed by atoms with Gasteiger partial charge in [0.15, 0.2) is 0 Å². The van der Waals surface area contributed by atoms with Gasteiger partial charge in [-0.3, -0.25) is 14.9 Å². The fourth-order valence-electron chi connectivity index (χ4n) is 2.28.